The normalized spacial score (nSPS) is 10.4. The van der Waals surface area contributed by atoms with Gasteiger partial charge in [0.2, 0.25) is 0 Å². The summed E-state index contributed by atoms with van der Waals surface area (Å²) in [6.45, 7) is 1.77. The van der Waals surface area contributed by atoms with Gasteiger partial charge < -0.3 is 5.73 Å². The highest BCUT2D eigenvalue weighted by molar-refractivity contribution is 5.65. The van der Waals surface area contributed by atoms with Crippen molar-refractivity contribution in [3.8, 4) is 11.1 Å². The van der Waals surface area contributed by atoms with Crippen molar-refractivity contribution < 1.29 is 8.78 Å². The van der Waals surface area contributed by atoms with Gasteiger partial charge in [0.1, 0.15) is 17.5 Å². The van der Waals surface area contributed by atoms with Gasteiger partial charge in [-0.3, -0.25) is 0 Å². The molecular formula is C12H10F2N2. The average Bonchev–Trinajstić information content (AvgIpc) is 2.19. The molecule has 2 N–H and O–H groups in total. The highest BCUT2D eigenvalue weighted by Crippen LogP contribution is 2.26. The molecule has 2 aromatic rings. The number of nitrogens with two attached hydrogens (primary N) is 1. The van der Waals surface area contributed by atoms with E-state index >= 15 is 0 Å². The van der Waals surface area contributed by atoms with Crippen LogP contribution in [-0.4, -0.2) is 4.98 Å². The molecule has 1 heterocycles. The second-order valence-electron chi connectivity index (χ2n) is 3.57. The van der Waals surface area contributed by atoms with E-state index in [1.54, 1.807) is 13.0 Å². The first-order valence-electron chi connectivity index (χ1n) is 4.75. The van der Waals surface area contributed by atoms with Crippen molar-refractivity contribution in [2.45, 2.75) is 6.92 Å². The number of hydrogen-bond donors (Lipinski definition) is 1. The molecule has 0 amide bonds. The number of nitrogen functional groups attached to an aromatic ring is 1. The number of aryl methyl sites for hydroxylation is 1. The Labute approximate surface area is 91.7 Å². The van der Waals surface area contributed by atoms with Crippen LogP contribution in [0.1, 0.15) is 5.56 Å². The standard InChI is InChI=1S/C12H10F2N2/c1-7-2-3-8(10(13)4-7)9-6-16-12(15)5-11(9)14/h2-6H,1H3,(H2,15,16). The third-order valence-electron chi connectivity index (χ3n) is 2.29. The fourth-order valence-corrected chi connectivity index (χ4v) is 1.48. The van der Waals surface area contributed by atoms with Gasteiger partial charge in [-0.05, 0) is 18.6 Å². The van der Waals surface area contributed by atoms with Crippen LogP contribution >= 0.6 is 0 Å². The largest absolute Gasteiger partial charge is 0.384 e. The number of rotatable bonds is 1. The molecule has 0 aliphatic rings. The number of pyridine rings is 1. The summed E-state index contributed by atoms with van der Waals surface area (Å²) >= 11 is 0. The smallest absolute Gasteiger partial charge is 0.136 e. The van der Waals surface area contributed by atoms with Crippen molar-refractivity contribution >= 4 is 5.82 Å². The molecule has 0 saturated heterocycles. The molecule has 0 unspecified atom stereocenters. The van der Waals surface area contributed by atoms with Crippen LogP contribution in [0.2, 0.25) is 0 Å². The Hall–Kier alpha value is -1.97. The predicted octanol–water partition coefficient (Wildman–Crippen LogP) is 2.92. The van der Waals surface area contributed by atoms with Gasteiger partial charge in [-0.15, -0.1) is 0 Å². The molecule has 0 aliphatic heterocycles. The molecular weight excluding hydrogens is 210 g/mol. The molecule has 2 rings (SSSR count). The van der Waals surface area contributed by atoms with Gasteiger partial charge in [0, 0.05) is 23.4 Å². The van der Waals surface area contributed by atoms with Crippen LogP contribution in [-0.2, 0) is 0 Å². The zero-order valence-corrected chi connectivity index (χ0v) is 8.67. The monoisotopic (exact) mass is 220 g/mol. The lowest BCUT2D eigenvalue weighted by molar-refractivity contribution is 0.615. The minimum Gasteiger partial charge on any atom is -0.384 e. The maximum Gasteiger partial charge on any atom is 0.136 e. The third-order valence-corrected chi connectivity index (χ3v) is 2.29. The van der Waals surface area contributed by atoms with Gasteiger partial charge in [0.15, 0.2) is 0 Å². The lowest BCUT2D eigenvalue weighted by Gasteiger charge is -2.05. The summed E-state index contributed by atoms with van der Waals surface area (Å²) in [6, 6.07) is 5.68. The van der Waals surface area contributed by atoms with Gasteiger partial charge in [-0.1, -0.05) is 12.1 Å². The van der Waals surface area contributed by atoms with E-state index in [1.165, 1.54) is 18.3 Å². The van der Waals surface area contributed by atoms with Crippen LogP contribution in [0, 0.1) is 18.6 Å². The summed E-state index contributed by atoms with van der Waals surface area (Å²) in [5.41, 5.74) is 6.41. The van der Waals surface area contributed by atoms with E-state index < -0.39 is 11.6 Å². The van der Waals surface area contributed by atoms with E-state index in [-0.39, 0.29) is 16.9 Å². The van der Waals surface area contributed by atoms with Gasteiger partial charge >= 0.3 is 0 Å². The first-order chi connectivity index (χ1) is 7.58. The molecule has 0 saturated carbocycles. The molecule has 2 nitrogen and oxygen atoms in total. The van der Waals surface area contributed by atoms with Crippen LogP contribution in [0.25, 0.3) is 11.1 Å². The fraction of sp³-hybridized carbons (Fsp3) is 0.0833. The molecule has 0 spiro atoms. The lowest BCUT2D eigenvalue weighted by atomic mass is 10.0. The van der Waals surface area contributed by atoms with Crippen molar-refractivity contribution in [2.24, 2.45) is 0 Å². The van der Waals surface area contributed by atoms with Crippen molar-refractivity contribution in [2.75, 3.05) is 5.73 Å². The van der Waals surface area contributed by atoms with Gasteiger partial charge in [0.05, 0.1) is 0 Å². The first-order valence-corrected chi connectivity index (χ1v) is 4.75. The van der Waals surface area contributed by atoms with E-state index in [0.29, 0.717) is 0 Å². The highest BCUT2D eigenvalue weighted by atomic mass is 19.1. The van der Waals surface area contributed by atoms with Gasteiger partial charge in [-0.2, -0.15) is 0 Å². The molecule has 4 heteroatoms. The van der Waals surface area contributed by atoms with Crippen LogP contribution in [0.15, 0.2) is 30.5 Å². The summed E-state index contributed by atoms with van der Waals surface area (Å²) < 4.78 is 27.1. The molecule has 0 radical (unpaired) electrons. The van der Waals surface area contributed by atoms with Crippen LogP contribution in [0.4, 0.5) is 14.6 Å². The number of benzene rings is 1. The fourth-order valence-electron chi connectivity index (χ4n) is 1.48. The second kappa shape index (κ2) is 3.89. The second-order valence-corrected chi connectivity index (χ2v) is 3.57. The Morgan fingerprint density at radius 1 is 1.06 bits per heavy atom. The lowest BCUT2D eigenvalue weighted by Crippen LogP contribution is -1.95. The molecule has 1 aromatic carbocycles. The molecule has 82 valence electrons. The molecule has 1 aromatic heterocycles. The SMILES string of the molecule is Cc1ccc(-c2cnc(N)cc2F)c(F)c1. The summed E-state index contributed by atoms with van der Waals surface area (Å²) in [5.74, 6) is -0.963. The molecule has 0 atom stereocenters. The summed E-state index contributed by atoms with van der Waals surface area (Å²) in [7, 11) is 0. The minimum atomic E-state index is -0.574. The van der Waals surface area contributed by atoms with E-state index in [0.717, 1.165) is 11.6 Å². The first kappa shape index (κ1) is 10.5. The van der Waals surface area contributed by atoms with Gasteiger partial charge in [0.25, 0.3) is 0 Å². The zero-order chi connectivity index (χ0) is 11.7. The highest BCUT2D eigenvalue weighted by Gasteiger charge is 2.10. The molecule has 0 bridgehead atoms. The van der Waals surface area contributed by atoms with Crippen molar-refractivity contribution in [3.63, 3.8) is 0 Å². The predicted molar refractivity (Wildman–Crippen MR) is 58.7 cm³/mol. The summed E-state index contributed by atoms with van der Waals surface area (Å²) in [5, 5.41) is 0. The summed E-state index contributed by atoms with van der Waals surface area (Å²) in [6.07, 6.45) is 1.23. The topological polar surface area (TPSA) is 38.9 Å². The maximum atomic E-state index is 13.6. The van der Waals surface area contributed by atoms with Crippen LogP contribution in [0.5, 0.6) is 0 Å². The molecule has 0 aliphatic carbocycles. The third kappa shape index (κ3) is 1.86. The average molecular weight is 220 g/mol. The number of halogens is 2. The minimum absolute atomic E-state index is 0.0776. The number of hydrogen-bond acceptors (Lipinski definition) is 2. The molecule has 0 fully saturated rings. The number of nitrogens with zero attached hydrogens (tertiary/aromatic N) is 1. The Balaban J connectivity index is 2.59. The van der Waals surface area contributed by atoms with E-state index in [9.17, 15) is 8.78 Å². The Bertz CT molecular complexity index is 489. The van der Waals surface area contributed by atoms with Crippen molar-refractivity contribution in [3.05, 3.63) is 47.7 Å². The van der Waals surface area contributed by atoms with E-state index in [1.807, 2.05) is 0 Å². The van der Waals surface area contributed by atoms with Crippen LogP contribution < -0.4 is 5.73 Å². The quantitative estimate of drug-likeness (QED) is 0.802. The number of anilines is 1. The number of aromatic nitrogens is 1. The zero-order valence-electron chi connectivity index (χ0n) is 8.67. The van der Waals surface area contributed by atoms with Gasteiger partial charge in [-0.25, -0.2) is 13.8 Å². The van der Waals surface area contributed by atoms with Crippen molar-refractivity contribution in [1.29, 1.82) is 0 Å². The Kier molecular flexibility index (Phi) is 2.56. The van der Waals surface area contributed by atoms with E-state index in [2.05, 4.69) is 4.98 Å². The Morgan fingerprint density at radius 2 is 1.75 bits per heavy atom. The van der Waals surface area contributed by atoms with E-state index in [4.69, 9.17) is 5.73 Å². The Morgan fingerprint density at radius 3 is 2.38 bits per heavy atom. The molecule has 16 heavy (non-hydrogen) atoms. The maximum absolute atomic E-state index is 13.6. The van der Waals surface area contributed by atoms with Crippen molar-refractivity contribution in [1.82, 2.24) is 4.98 Å². The van der Waals surface area contributed by atoms with Crippen LogP contribution in [0.3, 0.4) is 0 Å². The summed E-state index contributed by atoms with van der Waals surface area (Å²) in [4.78, 5) is 3.75.